The van der Waals surface area contributed by atoms with Gasteiger partial charge < -0.3 is 5.32 Å². The summed E-state index contributed by atoms with van der Waals surface area (Å²) in [6.07, 6.45) is 7.77. The maximum atomic E-state index is 3.53. The molecule has 0 aromatic heterocycles. The third-order valence-electron chi connectivity index (χ3n) is 2.37. The fourth-order valence-corrected chi connectivity index (χ4v) is 1.42. The molecule has 0 saturated carbocycles. The molecule has 1 heteroatoms. The van der Waals surface area contributed by atoms with Gasteiger partial charge in [-0.05, 0) is 33.1 Å². The zero-order chi connectivity index (χ0) is 9.90. The van der Waals surface area contributed by atoms with E-state index in [1.807, 2.05) is 0 Å². The number of rotatable bonds is 3. The van der Waals surface area contributed by atoms with Crippen LogP contribution in [-0.4, -0.2) is 12.1 Å². The second-order valence-corrected chi connectivity index (χ2v) is 4.91. The monoisotopic (exact) mass is 179 g/mol. The average molecular weight is 179 g/mol. The van der Waals surface area contributed by atoms with Crippen LogP contribution in [0.25, 0.3) is 0 Å². The standard InChI is InChI=1S/C12H21N/c1-10(9-13-12(2,3)4)11-7-5-6-8-11/h5-7,10,13H,8-9H2,1-4H3. The number of hydrogen-bond acceptors (Lipinski definition) is 1. The van der Waals surface area contributed by atoms with Crippen molar-refractivity contribution in [3.8, 4) is 0 Å². The summed E-state index contributed by atoms with van der Waals surface area (Å²) in [5, 5.41) is 3.53. The summed E-state index contributed by atoms with van der Waals surface area (Å²) in [5.41, 5.74) is 1.79. The van der Waals surface area contributed by atoms with Gasteiger partial charge in [-0.25, -0.2) is 0 Å². The predicted octanol–water partition coefficient (Wildman–Crippen LogP) is 2.90. The summed E-state index contributed by atoms with van der Waals surface area (Å²) in [6.45, 7) is 10.00. The van der Waals surface area contributed by atoms with Crippen molar-refractivity contribution in [1.29, 1.82) is 0 Å². The third kappa shape index (κ3) is 3.77. The van der Waals surface area contributed by atoms with Crippen molar-refractivity contribution in [3.63, 3.8) is 0 Å². The van der Waals surface area contributed by atoms with Crippen molar-refractivity contribution in [2.45, 2.75) is 39.7 Å². The molecule has 0 fully saturated rings. The topological polar surface area (TPSA) is 12.0 Å². The summed E-state index contributed by atoms with van der Waals surface area (Å²) in [7, 11) is 0. The Morgan fingerprint density at radius 3 is 2.62 bits per heavy atom. The maximum Gasteiger partial charge on any atom is 0.00967 e. The van der Waals surface area contributed by atoms with Crippen molar-refractivity contribution in [2.24, 2.45) is 5.92 Å². The molecular weight excluding hydrogens is 158 g/mol. The van der Waals surface area contributed by atoms with Crippen LogP contribution >= 0.6 is 0 Å². The molecule has 0 aromatic carbocycles. The second-order valence-electron chi connectivity index (χ2n) is 4.91. The lowest BCUT2D eigenvalue weighted by Gasteiger charge is -2.24. The van der Waals surface area contributed by atoms with E-state index in [1.54, 1.807) is 5.57 Å². The summed E-state index contributed by atoms with van der Waals surface area (Å²) in [5.74, 6) is 0.661. The first-order valence-electron chi connectivity index (χ1n) is 5.09. The number of hydrogen-bond donors (Lipinski definition) is 1. The quantitative estimate of drug-likeness (QED) is 0.702. The minimum absolute atomic E-state index is 0.237. The molecule has 1 N–H and O–H groups in total. The lowest BCUT2D eigenvalue weighted by atomic mass is 9.99. The molecule has 1 aliphatic carbocycles. The molecule has 0 heterocycles. The highest BCUT2D eigenvalue weighted by Gasteiger charge is 2.13. The van der Waals surface area contributed by atoms with Gasteiger partial charge in [0.25, 0.3) is 0 Å². The van der Waals surface area contributed by atoms with Crippen molar-refractivity contribution < 1.29 is 0 Å². The number of allylic oxidation sites excluding steroid dienone is 3. The highest BCUT2D eigenvalue weighted by atomic mass is 14.9. The molecule has 0 aromatic rings. The normalized spacial score (nSPS) is 18.9. The molecule has 0 bridgehead atoms. The third-order valence-corrected chi connectivity index (χ3v) is 2.37. The van der Waals surface area contributed by atoms with Gasteiger partial charge >= 0.3 is 0 Å². The van der Waals surface area contributed by atoms with Gasteiger partial charge in [-0.1, -0.05) is 30.7 Å². The lowest BCUT2D eigenvalue weighted by Crippen LogP contribution is -2.38. The summed E-state index contributed by atoms with van der Waals surface area (Å²) >= 11 is 0. The maximum absolute atomic E-state index is 3.53. The molecule has 1 unspecified atom stereocenters. The minimum atomic E-state index is 0.237. The summed E-state index contributed by atoms with van der Waals surface area (Å²) in [4.78, 5) is 0. The Bertz CT molecular complexity index is 218. The predicted molar refractivity (Wildman–Crippen MR) is 58.8 cm³/mol. The molecule has 0 saturated heterocycles. The van der Waals surface area contributed by atoms with Gasteiger partial charge in [0.2, 0.25) is 0 Å². The van der Waals surface area contributed by atoms with Crippen molar-refractivity contribution in [2.75, 3.05) is 6.54 Å². The van der Waals surface area contributed by atoms with Crippen molar-refractivity contribution in [1.82, 2.24) is 5.32 Å². The van der Waals surface area contributed by atoms with Gasteiger partial charge in [-0.15, -0.1) is 0 Å². The summed E-state index contributed by atoms with van der Waals surface area (Å²) in [6, 6.07) is 0. The van der Waals surface area contributed by atoms with E-state index < -0.39 is 0 Å². The van der Waals surface area contributed by atoms with Crippen LogP contribution in [-0.2, 0) is 0 Å². The van der Waals surface area contributed by atoms with E-state index in [1.165, 1.54) is 0 Å². The number of nitrogens with one attached hydrogen (secondary N) is 1. The van der Waals surface area contributed by atoms with E-state index in [-0.39, 0.29) is 5.54 Å². The molecule has 13 heavy (non-hydrogen) atoms. The molecule has 74 valence electrons. The first-order valence-corrected chi connectivity index (χ1v) is 5.09. The molecule has 1 nitrogen and oxygen atoms in total. The zero-order valence-corrected chi connectivity index (χ0v) is 9.22. The molecule has 0 radical (unpaired) electrons. The van der Waals surface area contributed by atoms with Crippen LogP contribution in [0.3, 0.4) is 0 Å². The molecule has 0 amide bonds. The fourth-order valence-electron chi connectivity index (χ4n) is 1.42. The molecule has 0 spiro atoms. The second kappa shape index (κ2) is 4.10. The van der Waals surface area contributed by atoms with E-state index in [0.717, 1.165) is 13.0 Å². The Hall–Kier alpha value is -0.560. The Morgan fingerprint density at radius 2 is 2.15 bits per heavy atom. The Morgan fingerprint density at radius 1 is 1.46 bits per heavy atom. The molecule has 1 aliphatic rings. The largest absolute Gasteiger partial charge is 0.311 e. The van der Waals surface area contributed by atoms with E-state index in [9.17, 15) is 0 Å². The van der Waals surface area contributed by atoms with Gasteiger partial charge in [0.15, 0.2) is 0 Å². The highest BCUT2D eigenvalue weighted by molar-refractivity contribution is 5.24. The first kappa shape index (κ1) is 10.5. The van der Waals surface area contributed by atoms with Crippen molar-refractivity contribution >= 4 is 0 Å². The fraction of sp³-hybridized carbons (Fsp3) is 0.667. The van der Waals surface area contributed by atoms with E-state index in [0.29, 0.717) is 5.92 Å². The van der Waals surface area contributed by atoms with Crippen LogP contribution < -0.4 is 5.32 Å². The van der Waals surface area contributed by atoms with Crippen LogP contribution in [0.4, 0.5) is 0 Å². The Balaban J connectivity index is 2.30. The van der Waals surface area contributed by atoms with E-state index >= 15 is 0 Å². The zero-order valence-electron chi connectivity index (χ0n) is 9.22. The smallest absolute Gasteiger partial charge is 0.00967 e. The molecule has 1 atom stereocenters. The molecule has 1 rings (SSSR count). The Kier molecular flexibility index (Phi) is 3.32. The highest BCUT2D eigenvalue weighted by Crippen LogP contribution is 2.19. The van der Waals surface area contributed by atoms with Crippen LogP contribution in [0.2, 0.25) is 0 Å². The molecular formula is C12H21N. The average Bonchev–Trinajstić information content (AvgIpc) is 2.50. The molecule has 0 aliphatic heterocycles. The van der Waals surface area contributed by atoms with Crippen molar-refractivity contribution in [3.05, 3.63) is 23.8 Å². The van der Waals surface area contributed by atoms with Crippen LogP contribution in [0.15, 0.2) is 23.8 Å². The van der Waals surface area contributed by atoms with Gasteiger partial charge in [-0.2, -0.15) is 0 Å². The van der Waals surface area contributed by atoms with E-state index in [2.05, 4.69) is 51.2 Å². The van der Waals surface area contributed by atoms with Crippen LogP contribution in [0.5, 0.6) is 0 Å². The lowest BCUT2D eigenvalue weighted by molar-refractivity contribution is 0.399. The minimum Gasteiger partial charge on any atom is -0.311 e. The van der Waals surface area contributed by atoms with Crippen LogP contribution in [0.1, 0.15) is 34.1 Å². The summed E-state index contributed by atoms with van der Waals surface area (Å²) < 4.78 is 0. The Labute approximate surface area is 81.9 Å². The van der Waals surface area contributed by atoms with Gasteiger partial charge in [0.05, 0.1) is 0 Å². The van der Waals surface area contributed by atoms with E-state index in [4.69, 9.17) is 0 Å². The van der Waals surface area contributed by atoms with Crippen LogP contribution in [0, 0.1) is 5.92 Å². The first-order chi connectivity index (χ1) is 5.99. The van der Waals surface area contributed by atoms with Gasteiger partial charge in [0.1, 0.15) is 0 Å². The van der Waals surface area contributed by atoms with Gasteiger partial charge in [-0.3, -0.25) is 0 Å². The SMILES string of the molecule is CC(CNC(C)(C)C)C1=CC=CC1. The van der Waals surface area contributed by atoms with Gasteiger partial charge in [0, 0.05) is 12.1 Å².